The Morgan fingerprint density at radius 1 is 1.46 bits per heavy atom. The fourth-order valence-electron chi connectivity index (χ4n) is 1.69. The summed E-state index contributed by atoms with van der Waals surface area (Å²) in [4.78, 5) is 4.15. The van der Waals surface area contributed by atoms with Gasteiger partial charge in [-0.3, -0.25) is 0 Å². The Balaban J connectivity index is 2.73. The second kappa shape index (κ2) is 2.90. The fourth-order valence-corrected chi connectivity index (χ4v) is 1.89. The molecule has 2 rings (SSSR count). The van der Waals surface area contributed by atoms with Gasteiger partial charge in [0.25, 0.3) is 0 Å². The van der Waals surface area contributed by atoms with E-state index >= 15 is 0 Å². The first kappa shape index (κ1) is 8.33. The van der Waals surface area contributed by atoms with Crippen LogP contribution in [0.4, 0.5) is 5.69 Å². The lowest BCUT2D eigenvalue weighted by Crippen LogP contribution is -2.00. The molecule has 0 amide bonds. The molecule has 1 aliphatic rings. The van der Waals surface area contributed by atoms with E-state index in [0.717, 1.165) is 30.5 Å². The fraction of sp³-hybridized carbons (Fsp3) is 0.333. The molecule has 0 bridgehead atoms. The smallest absolute Gasteiger partial charge is 0.153 e. The quantitative estimate of drug-likeness (QED) is 0.638. The third-order valence-electron chi connectivity index (χ3n) is 2.33. The highest BCUT2D eigenvalue weighted by Crippen LogP contribution is 2.31. The Kier molecular flexibility index (Phi) is 1.86. The van der Waals surface area contributed by atoms with Gasteiger partial charge in [-0.25, -0.2) is 4.98 Å². The summed E-state index contributed by atoms with van der Waals surface area (Å²) in [6, 6.07) is 2.09. The maximum atomic E-state index is 8.89. The molecule has 0 fully saturated rings. The van der Waals surface area contributed by atoms with E-state index in [1.165, 1.54) is 0 Å². The Labute approximate surface area is 81.1 Å². The summed E-state index contributed by atoms with van der Waals surface area (Å²) in [7, 11) is 0. The van der Waals surface area contributed by atoms with Crippen molar-refractivity contribution >= 4 is 17.3 Å². The molecule has 1 heterocycles. The first-order valence-corrected chi connectivity index (χ1v) is 4.48. The number of rotatable bonds is 0. The predicted molar refractivity (Wildman–Crippen MR) is 50.4 cm³/mol. The van der Waals surface area contributed by atoms with Gasteiger partial charge in [0, 0.05) is 5.69 Å². The predicted octanol–water partition coefficient (Wildman–Crippen LogP) is 1.68. The topological polar surface area (TPSA) is 62.7 Å². The van der Waals surface area contributed by atoms with Gasteiger partial charge in [-0.15, -0.1) is 0 Å². The van der Waals surface area contributed by atoms with Crippen LogP contribution in [0, 0.1) is 11.3 Å². The van der Waals surface area contributed by atoms with Crippen molar-refractivity contribution in [3.05, 3.63) is 22.0 Å². The van der Waals surface area contributed by atoms with E-state index in [2.05, 4.69) is 11.1 Å². The van der Waals surface area contributed by atoms with Crippen LogP contribution in [0.25, 0.3) is 0 Å². The van der Waals surface area contributed by atoms with E-state index in [-0.39, 0.29) is 5.15 Å². The highest BCUT2D eigenvalue weighted by atomic mass is 35.5. The maximum Gasteiger partial charge on any atom is 0.153 e. The summed E-state index contributed by atoms with van der Waals surface area (Å²) in [5, 5.41) is 9.15. The number of fused-ring (bicyclic) bond motifs is 1. The van der Waals surface area contributed by atoms with E-state index in [0.29, 0.717) is 11.3 Å². The number of aromatic nitrogens is 1. The Morgan fingerprint density at radius 2 is 2.23 bits per heavy atom. The Hall–Kier alpha value is -1.27. The van der Waals surface area contributed by atoms with Gasteiger partial charge in [0.05, 0.1) is 11.3 Å². The number of anilines is 1. The summed E-state index contributed by atoms with van der Waals surface area (Å²) in [5.41, 5.74) is 8.42. The summed E-state index contributed by atoms with van der Waals surface area (Å²) in [6.07, 6.45) is 2.84. The second-order valence-corrected chi connectivity index (χ2v) is 3.44. The number of hydrogen-bond donors (Lipinski definition) is 1. The zero-order chi connectivity index (χ0) is 9.42. The van der Waals surface area contributed by atoms with Crippen molar-refractivity contribution in [3.8, 4) is 6.07 Å². The number of aryl methyl sites for hydroxylation is 1. The van der Waals surface area contributed by atoms with Crippen molar-refractivity contribution in [2.24, 2.45) is 0 Å². The summed E-state index contributed by atoms with van der Waals surface area (Å²) < 4.78 is 0. The van der Waals surface area contributed by atoms with Gasteiger partial charge in [0.2, 0.25) is 0 Å². The molecule has 13 heavy (non-hydrogen) atoms. The van der Waals surface area contributed by atoms with Gasteiger partial charge in [0.15, 0.2) is 5.15 Å². The zero-order valence-electron chi connectivity index (χ0n) is 6.97. The zero-order valence-corrected chi connectivity index (χ0v) is 7.73. The molecule has 66 valence electrons. The molecule has 0 saturated carbocycles. The average Bonchev–Trinajstić information content (AvgIpc) is 2.54. The number of hydrogen-bond acceptors (Lipinski definition) is 3. The summed E-state index contributed by atoms with van der Waals surface area (Å²) in [6.45, 7) is 0. The van der Waals surface area contributed by atoms with Crippen LogP contribution in [-0.2, 0) is 12.8 Å². The highest BCUT2D eigenvalue weighted by molar-refractivity contribution is 6.32. The molecule has 0 unspecified atom stereocenters. The monoisotopic (exact) mass is 193 g/mol. The van der Waals surface area contributed by atoms with E-state index < -0.39 is 0 Å². The molecule has 0 saturated heterocycles. The Morgan fingerprint density at radius 3 is 2.92 bits per heavy atom. The minimum Gasteiger partial charge on any atom is -0.395 e. The lowest BCUT2D eigenvalue weighted by Gasteiger charge is -2.05. The molecule has 4 heteroatoms. The number of nitrogens with zero attached hydrogens (tertiary/aromatic N) is 2. The molecule has 1 aliphatic carbocycles. The first-order chi connectivity index (χ1) is 6.24. The van der Waals surface area contributed by atoms with E-state index in [1.54, 1.807) is 0 Å². The van der Waals surface area contributed by atoms with Gasteiger partial charge in [-0.1, -0.05) is 11.6 Å². The second-order valence-electron chi connectivity index (χ2n) is 3.08. The van der Waals surface area contributed by atoms with Crippen LogP contribution in [0.5, 0.6) is 0 Å². The molecular weight excluding hydrogens is 186 g/mol. The first-order valence-electron chi connectivity index (χ1n) is 4.11. The molecule has 0 spiro atoms. The van der Waals surface area contributed by atoms with Gasteiger partial charge < -0.3 is 5.73 Å². The van der Waals surface area contributed by atoms with Crippen LogP contribution in [0.1, 0.15) is 23.2 Å². The van der Waals surface area contributed by atoms with Crippen LogP contribution in [-0.4, -0.2) is 4.98 Å². The molecule has 0 aromatic carbocycles. The SMILES string of the molecule is N#Cc1c(N)c(Cl)nc2c1CCC2. The summed E-state index contributed by atoms with van der Waals surface area (Å²) in [5.74, 6) is 0. The van der Waals surface area contributed by atoms with Crippen molar-refractivity contribution < 1.29 is 0 Å². The third-order valence-corrected chi connectivity index (χ3v) is 2.62. The van der Waals surface area contributed by atoms with Crippen LogP contribution < -0.4 is 5.73 Å². The van der Waals surface area contributed by atoms with E-state index in [4.69, 9.17) is 22.6 Å². The molecule has 0 radical (unpaired) electrons. The van der Waals surface area contributed by atoms with Crippen molar-refractivity contribution in [1.82, 2.24) is 4.98 Å². The van der Waals surface area contributed by atoms with Gasteiger partial charge in [-0.05, 0) is 24.8 Å². The van der Waals surface area contributed by atoms with Crippen LogP contribution in [0.15, 0.2) is 0 Å². The van der Waals surface area contributed by atoms with E-state index in [1.807, 2.05) is 0 Å². The number of nitrogens with two attached hydrogens (primary N) is 1. The molecule has 0 aliphatic heterocycles. The van der Waals surface area contributed by atoms with Crippen LogP contribution in [0.3, 0.4) is 0 Å². The minimum atomic E-state index is 0.261. The van der Waals surface area contributed by atoms with E-state index in [9.17, 15) is 0 Å². The average molecular weight is 194 g/mol. The van der Waals surface area contributed by atoms with Crippen LogP contribution in [0.2, 0.25) is 5.15 Å². The van der Waals surface area contributed by atoms with Crippen molar-refractivity contribution in [2.45, 2.75) is 19.3 Å². The lowest BCUT2D eigenvalue weighted by molar-refractivity contribution is 0.899. The Bertz CT molecular complexity index is 406. The molecule has 1 aromatic rings. The number of nitriles is 1. The molecule has 2 N–H and O–H groups in total. The van der Waals surface area contributed by atoms with Crippen molar-refractivity contribution in [1.29, 1.82) is 5.26 Å². The van der Waals surface area contributed by atoms with Gasteiger partial charge in [0.1, 0.15) is 6.07 Å². The number of nitrogen functional groups attached to an aromatic ring is 1. The number of pyridine rings is 1. The van der Waals surface area contributed by atoms with Crippen molar-refractivity contribution in [3.63, 3.8) is 0 Å². The normalized spacial score (nSPS) is 13.8. The van der Waals surface area contributed by atoms with Gasteiger partial charge >= 0.3 is 0 Å². The molecule has 1 aromatic heterocycles. The van der Waals surface area contributed by atoms with Crippen molar-refractivity contribution in [2.75, 3.05) is 5.73 Å². The molecular formula is C9H8ClN3. The highest BCUT2D eigenvalue weighted by Gasteiger charge is 2.20. The third kappa shape index (κ3) is 1.14. The lowest BCUT2D eigenvalue weighted by atomic mass is 10.1. The molecule has 0 atom stereocenters. The van der Waals surface area contributed by atoms with Gasteiger partial charge in [-0.2, -0.15) is 5.26 Å². The number of halogens is 1. The minimum absolute atomic E-state index is 0.261. The largest absolute Gasteiger partial charge is 0.395 e. The maximum absolute atomic E-state index is 8.89. The molecule has 3 nitrogen and oxygen atoms in total. The van der Waals surface area contributed by atoms with Crippen LogP contribution >= 0.6 is 11.6 Å². The summed E-state index contributed by atoms with van der Waals surface area (Å²) >= 11 is 5.79. The standard InChI is InChI=1S/C9H8ClN3/c10-9-8(12)6(4-11)5-2-1-3-7(5)13-9/h1-3,12H2.